The molecular formula is C19H26N2O. The van der Waals surface area contributed by atoms with Gasteiger partial charge in [-0.25, -0.2) is 0 Å². The third kappa shape index (κ3) is 2.36. The van der Waals surface area contributed by atoms with Crippen molar-refractivity contribution in [1.29, 1.82) is 0 Å². The van der Waals surface area contributed by atoms with Crippen LogP contribution in [0, 0.1) is 11.8 Å². The van der Waals surface area contributed by atoms with Crippen LogP contribution in [0.2, 0.25) is 0 Å². The highest BCUT2D eigenvalue weighted by Crippen LogP contribution is 2.39. The van der Waals surface area contributed by atoms with Crippen LogP contribution in [0.4, 0.5) is 0 Å². The molecule has 0 radical (unpaired) electrons. The lowest BCUT2D eigenvalue weighted by Gasteiger charge is -2.29. The SMILES string of the molecule is NC1CCCC2CN(C(=O)C3CCCc4ccccc43)CC12. The van der Waals surface area contributed by atoms with Crippen LogP contribution in [0.3, 0.4) is 0 Å². The molecule has 1 aliphatic heterocycles. The zero-order valence-electron chi connectivity index (χ0n) is 13.2. The zero-order valence-corrected chi connectivity index (χ0v) is 13.2. The molecule has 2 fully saturated rings. The average Bonchev–Trinajstić information content (AvgIpc) is 2.99. The van der Waals surface area contributed by atoms with E-state index in [-0.39, 0.29) is 5.92 Å². The number of hydrogen-bond acceptors (Lipinski definition) is 2. The van der Waals surface area contributed by atoms with Crippen molar-refractivity contribution in [2.45, 2.75) is 50.5 Å². The molecule has 1 aromatic carbocycles. The number of hydrogen-bond donors (Lipinski definition) is 1. The minimum absolute atomic E-state index is 0.0846. The number of carbonyl (C=O) groups excluding carboxylic acids is 1. The summed E-state index contributed by atoms with van der Waals surface area (Å²) in [5, 5.41) is 0. The molecule has 0 spiro atoms. The number of amides is 1. The molecule has 3 heteroatoms. The lowest BCUT2D eigenvalue weighted by atomic mass is 9.78. The number of carbonyl (C=O) groups is 1. The van der Waals surface area contributed by atoms with E-state index in [1.54, 1.807) is 0 Å². The molecule has 2 aliphatic carbocycles. The summed E-state index contributed by atoms with van der Waals surface area (Å²) in [4.78, 5) is 15.2. The van der Waals surface area contributed by atoms with Crippen molar-refractivity contribution in [3.05, 3.63) is 35.4 Å². The van der Waals surface area contributed by atoms with E-state index in [0.717, 1.165) is 38.8 Å². The second-order valence-electron chi connectivity index (χ2n) is 7.41. The summed E-state index contributed by atoms with van der Waals surface area (Å²) in [7, 11) is 0. The van der Waals surface area contributed by atoms with E-state index >= 15 is 0 Å². The Bertz CT molecular complexity index is 570. The van der Waals surface area contributed by atoms with Gasteiger partial charge in [0.1, 0.15) is 0 Å². The smallest absolute Gasteiger partial charge is 0.230 e. The number of benzene rings is 1. The van der Waals surface area contributed by atoms with Gasteiger partial charge in [0.25, 0.3) is 0 Å². The molecule has 4 atom stereocenters. The van der Waals surface area contributed by atoms with Gasteiger partial charge >= 0.3 is 0 Å². The third-order valence-electron chi connectivity index (χ3n) is 6.13. The maximum absolute atomic E-state index is 13.1. The van der Waals surface area contributed by atoms with Crippen LogP contribution in [0.1, 0.15) is 49.1 Å². The van der Waals surface area contributed by atoms with Crippen molar-refractivity contribution >= 4 is 5.91 Å². The van der Waals surface area contributed by atoms with Gasteiger partial charge in [-0.05, 0) is 55.1 Å². The topological polar surface area (TPSA) is 46.3 Å². The normalized spacial score (nSPS) is 34.1. The molecule has 0 aromatic heterocycles. The number of nitrogens with zero attached hydrogens (tertiary/aromatic N) is 1. The van der Waals surface area contributed by atoms with Crippen molar-refractivity contribution in [3.8, 4) is 0 Å². The summed E-state index contributed by atoms with van der Waals surface area (Å²) >= 11 is 0. The fourth-order valence-electron chi connectivity index (χ4n) is 4.93. The van der Waals surface area contributed by atoms with Crippen LogP contribution in [0.25, 0.3) is 0 Å². The molecule has 4 unspecified atom stereocenters. The lowest BCUT2D eigenvalue weighted by Crippen LogP contribution is -2.39. The molecule has 22 heavy (non-hydrogen) atoms. The molecule has 2 N–H and O–H groups in total. The Morgan fingerprint density at radius 1 is 1.09 bits per heavy atom. The zero-order chi connectivity index (χ0) is 15.1. The van der Waals surface area contributed by atoms with Crippen LogP contribution >= 0.6 is 0 Å². The van der Waals surface area contributed by atoms with Gasteiger partial charge in [-0.1, -0.05) is 30.7 Å². The average molecular weight is 298 g/mol. The first kappa shape index (κ1) is 14.3. The van der Waals surface area contributed by atoms with Gasteiger partial charge in [-0.3, -0.25) is 4.79 Å². The third-order valence-corrected chi connectivity index (χ3v) is 6.13. The molecule has 118 valence electrons. The quantitative estimate of drug-likeness (QED) is 0.866. The van der Waals surface area contributed by atoms with E-state index in [9.17, 15) is 4.79 Å². The first-order valence-corrected chi connectivity index (χ1v) is 8.86. The molecule has 1 saturated heterocycles. The van der Waals surface area contributed by atoms with Gasteiger partial charge in [-0.2, -0.15) is 0 Å². The summed E-state index contributed by atoms with van der Waals surface area (Å²) in [5.41, 5.74) is 8.95. The van der Waals surface area contributed by atoms with Gasteiger partial charge in [-0.15, -0.1) is 0 Å². The van der Waals surface area contributed by atoms with Gasteiger partial charge < -0.3 is 10.6 Å². The minimum atomic E-state index is 0.0846. The van der Waals surface area contributed by atoms with Crippen molar-refractivity contribution < 1.29 is 4.79 Å². The Labute approximate surface area is 132 Å². The number of fused-ring (bicyclic) bond motifs is 2. The molecule has 4 rings (SSSR count). The van der Waals surface area contributed by atoms with Gasteiger partial charge in [0.05, 0.1) is 5.92 Å². The molecule has 0 bridgehead atoms. The lowest BCUT2D eigenvalue weighted by molar-refractivity contribution is -0.132. The monoisotopic (exact) mass is 298 g/mol. The van der Waals surface area contributed by atoms with Gasteiger partial charge in [0.15, 0.2) is 0 Å². The van der Waals surface area contributed by atoms with E-state index < -0.39 is 0 Å². The summed E-state index contributed by atoms with van der Waals surface area (Å²) < 4.78 is 0. The Kier molecular flexibility index (Phi) is 3.69. The van der Waals surface area contributed by atoms with Crippen molar-refractivity contribution in [2.75, 3.05) is 13.1 Å². The number of rotatable bonds is 1. The second-order valence-corrected chi connectivity index (χ2v) is 7.41. The van der Waals surface area contributed by atoms with E-state index in [1.807, 2.05) is 0 Å². The number of aryl methyl sites for hydroxylation is 1. The molecule has 3 aliphatic rings. The molecular weight excluding hydrogens is 272 g/mol. The van der Waals surface area contributed by atoms with E-state index in [1.165, 1.54) is 24.0 Å². The molecule has 1 aromatic rings. The fourth-order valence-corrected chi connectivity index (χ4v) is 4.93. The summed E-state index contributed by atoms with van der Waals surface area (Å²) in [6, 6.07) is 8.81. The van der Waals surface area contributed by atoms with Crippen LogP contribution < -0.4 is 5.73 Å². The molecule has 1 amide bonds. The maximum atomic E-state index is 13.1. The van der Waals surface area contributed by atoms with Crippen molar-refractivity contribution in [1.82, 2.24) is 4.90 Å². The van der Waals surface area contributed by atoms with Crippen molar-refractivity contribution in [3.63, 3.8) is 0 Å². The minimum Gasteiger partial charge on any atom is -0.342 e. The predicted octanol–water partition coefficient (Wildman–Crippen LogP) is 2.69. The van der Waals surface area contributed by atoms with Crippen molar-refractivity contribution in [2.24, 2.45) is 17.6 Å². The Morgan fingerprint density at radius 3 is 2.82 bits per heavy atom. The predicted molar refractivity (Wildman–Crippen MR) is 87.5 cm³/mol. The fraction of sp³-hybridized carbons (Fsp3) is 0.632. The summed E-state index contributed by atoms with van der Waals surface area (Å²) in [6.07, 6.45) is 6.88. The number of likely N-dealkylation sites (tertiary alicyclic amines) is 1. The molecule has 1 heterocycles. The highest BCUT2D eigenvalue weighted by molar-refractivity contribution is 5.84. The maximum Gasteiger partial charge on any atom is 0.230 e. The first-order chi connectivity index (χ1) is 10.7. The van der Waals surface area contributed by atoms with Crippen LogP contribution in [0.15, 0.2) is 24.3 Å². The highest BCUT2D eigenvalue weighted by Gasteiger charge is 2.42. The highest BCUT2D eigenvalue weighted by atomic mass is 16.2. The van der Waals surface area contributed by atoms with Gasteiger partial charge in [0.2, 0.25) is 5.91 Å². The van der Waals surface area contributed by atoms with E-state index in [0.29, 0.717) is 23.8 Å². The van der Waals surface area contributed by atoms with Crippen LogP contribution in [-0.2, 0) is 11.2 Å². The summed E-state index contributed by atoms with van der Waals surface area (Å²) in [5.74, 6) is 1.62. The molecule has 3 nitrogen and oxygen atoms in total. The van der Waals surface area contributed by atoms with Crippen LogP contribution in [0.5, 0.6) is 0 Å². The van der Waals surface area contributed by atoms with Crippen LogP contribution in [-0.4, -0.2) is 29.9 Å². The Hall–Kier alpha value is -1.35. The number of nitrogens with two attached hydrogens (primary N) is 1. The van der Waals surface area contributed by atoms with E-state index in [4.69, 9.17) is 5.73 Å². The molecule has 1 saturated carbocycles. The van der Waals surface area contributed by atoms with Gasteiger partial charge in [0, 0.05) is 19.1 Å². The Balaban J connectivity index is 1.54. The second kappa shape index (κ2) is 5.69. The summed E-state index contributed by atoms with van der Waals surface area (Å²) in [6.45, 7) is 1.83. The standard InChI is InChI=1S/C19H26N2O/c20-18-10-4-7-14-11-21(12-17(14)18)19(22)16-9-3-6-13-5-1-2-8-15(13)16/h1-2,5,8,14,16-18H,3-4,6-7,9-12,20H2. The largest absolute Gasteiger partial charge is 0.342 e. The van der Waals surface area contributed by atoms with E-state index in [2.05, 4.69) is 29.2 Å². The Morgan fingerprint density at radius 2 is 1.95 bits per heavy atom. The first-order valence-electron chi connectivity index (χ1n) is 8.86.